The van der Waals surface area contributed by atoms with Crippen molar-refractivity contribution in [3.05, 3.63) is 23.8 Å². The molecule has 0 atom stereocenters. The van der Waals surface area contributed by atoms with Crippen LogP contribution >= 0.6 is 0 Å². The van der Waals surface area contributed by atoms with Crippen LogP contribution in [0, 0.1) is 11.3 Å². The van der Waals surface area contributed by atoms with Gasteiger partial charge in [0.05, 0.1) is 18.3 Å². The Kier molecular flexibility index (Phi) is 5.18. The van der Waals surface area contributed by atoms with Crippen LogP contribution in [0.4, 0.5) is 5.69 Å². The molecule has 1 heterocycles. The van der Waals surface area contributed by atoms with Crippen LogP contribution in [0.3, 0.4) is 0 Å². The molecule has 112 valence electrons. The van der Waals surface area contributed by atoms with Gasteiger partial charge >= 0.3 is 0 Å². The Morgan fingerprint density at radius 2 is 2.24 bits per heavy atom. The van der Waals surface area contributed by atoms with Gasteiger partial charge in [0.2, 0.25) is 0 Å². The second kappa shape index (κ2) is 7.09. The van der Waals surface area contributed by atoms with E-state index in [4.69, 9.17) is 10.00 Å². The lowest BCUT2D eigenvalue weighted by Gasteiger charge is -2.26. The summed E-state index contributed by atoms with van der Waals surface area (Å²) >= 11 is 0. The van der Waals surface area contributed by atoms with Crippen molar-refractivity contribution in [2.75, 3.05) is 38.2 Å². The third-order valence-electron chi connectivity index (χ3n) is 3.66. The van der Waals surface area contributed by atoms with E-state index in [1.807, 2.05) is 18.2 Å². The van der Waals surface area contributed by atoms with E-state index in [2.05, 4.69) is 17.9 Å². The predicted octanol–water partition coefficient (Wildman–Crippen LogP) is 1.82. The summed E-state index contributed by atoms with van der Waals surface area (Å²) in [5, 5.41) is 8.82. The number of nitriles is 1. The summed E-state index contributed by atoms with van der Waals surface area (Å²) in [5.74, 6) is 0.732. The Bertz CT molecular complexity index is 551. The standard InChI is InChI=1S/C16H21N3O2/c1-3-8-19(10-7-17)9-6-13-4-5-14-15(11-13)21-12-16(20)18(14)2/h4-5,11H,3,6,8-10,12H2,1-2H3. The van der Waals surface area contributed by atoms with Crippen LogP contribution < -0.4 is 9.64 Å². The molecule has 0 bridgehead atoms. The van der Waals surface area contributed by atoms with Crippen LogP contribution in [-0.4, -0.2) is 44.1 Å². The summed E-state index contributed by atoms with van der Waals surface area (Å²) in [6, 6.07) is 8.15. The third kappa shape index (κ3) is 3.73. The van der Waals surface area contributed by atoms with Crippen molar-refractivity contribution in [3.63, 3.8) is 0 Å². The fourth-order valence-electron chi connectivity index (χ4n) is 2.45. The maximum absolute atomic E-state index is 11.6. The predicted molar refractivity (Wildman–Crippen MR) is 81.4 cm³/mol. The Balaban J connectivity index is 2.02. The van der Waals surface area contributed by atoms with Crippen LogP contribution in [0.15, 0.2) is 18.2 Å². The van der Waals surface area contributed by atoms with Crippen LogP contribution in [0.5, 0.6) is 5.75 Å². The first-order valence-corrected chi connectivity index (χ1v) is 7.27. The number of ether oxygens (including phenoxy) is 1. The summed E-state index contributed by atoms with van der Waals surface area (Å²) in [6.45, 7) is 4.47. The normalized spacial score (nSPS) is 13.8. The van der Waals surface area contributed by atoms with Gasteiger partial charge in [-0.2, -0.15) is 5.26 Å². The van der Waals surface area contributed by atoms with E-state index < -0.39 is 0 Å². The molecule has 0 N–H and O–H groups in total. The van der Waals surface area contributed by atoms with Gasteiger partial charge in [-0.3, -0.25) is 9.69 Å². The molecular weight excluding hydrogens is 266 g/mol. The number of hydrogen-bond donors (Lipinski definition) is 0. The molecule has 2 rings (SSSR count). The van der Waals surface area contributed by atoms with Gasteiger partial charge in [0.25, 0.3) is 5.91 Å². The quantitative estimate of drug-likeness (QED) is 0.749. The number of rotatable bonds is 6. The van der Waals surface area contributed by atoms with Crippen LogP contribution in [0.1, 0.15) is 18.9 Å². The van der Waals surface area contributed by atoms with Gasteiger partial charge in [-0.1, -0.05) is 13.0 Å². The summed E-state index contributed by atoms with van der Waals surface area (Å²) in [6.07, 6.45) is 1.91. The van der Waals surface area contributed by atoms with Crippen molar-refractivity contribution in [2.45, 2.75) is 19.8 Å². The second-order valence-corrected chi connectivity index (χ2v) is 5.23. The fraction of sp³-hybridized carbons (Fsp3) is 0.500. The largest absolute Gasteiger partial charge is 0.482 e. The van der Waals surface area contributed by atoms with Crippen molar-refractivity contribution in [1.29, 1.82) is 5.26 Å². The number of likely N-dealkylation sites (N-methyl/N-ethyl adjacent to an activating group) is 1. The van der Waals surface area contributed by atoms with Gasteiger partial charge < -0.3 is 9.64 Å². The Labute approximate surface area is 125 Å². The highest BCUT2D eigenvalue weighted by molar-refractivity contribution is 5.97. The number of anilines is 1. The number of fused-ring (bicyclic) bond motifs is 1. The lowest BCUT2D eigenvalue weighted by molar-refractivity contribution is -0.120. The van der Waals surface area contributed by atoms with Crippen LogP contribution in [0.25, 0.3) is 0 Å². The van der Waals surface area contributed by atoms with Gasteiger partial charge in [0.15, 0.2) is 6.61 Å². The molecule has 0 fully saturated rings. The number of carbonyl (C=O) groups is 1. The molecular formula is C16H21N3O2. The molecule has 0 unspecified atom stereocenters. The highest BCUT2D eigenvalue weighted by atomic mass is 16.5. The first kappa shape index (κ1) is 15.3. The zero-order valence-corrected chi connectivity index (χ0v) is 12.6. The molecule has 1 amide bonds. The lowest BCUT2D eigenvalue weighted by atomic mass is 10.1. The number of amides is 1. The minimum absolute atomic E-state index is 0.0293. The smallest absolute Gasteiger partial charge is 0.264 e. The van der Waals surface area contributed by atoms with Crippen molar-refractivity contribution in [2.24, 2.45) is 0 Å². The minimum Gasteiger partial charge on any atom is -0.482 e. The molecule has 1 aromatic rings. The third-order valence-corrected chi connectivity index (χ3v) is 3.66. The Morgan fingerprint density at radius 3 is 2.95 bits per heavy atom. The zero-order chi connectivity index (χ0) is 15.2. The molecule has 0 radical (unpaired) electrons. The molecule has 0 saturated heterocycles. The zero-order valence-electron chi connectivity index (χ0n) is 12.6. The van der Waals surface area contributed by atoms with E-state index in [-0.39, 0.29) is 12.5 Å². The first-order chi connectivity index (χ1) is 10.2. The highest BCUT2D eigenvalue weighted by Gasteiger charge is 2.22. The van der Waals surface area contributed by atoms with Crippen LogP contribution in [0.2, 0.25) is 0 Å². The Morgan fingerprint density at radius 1 is 1.43 bits per heavy atom. The molecule has 0 spiro atoms. The van der Waals surface area contributed by atoms with E-state index in [0.717, 1.165) is 42.9 Å². The molecule has 1 aliphatic rings. The van der Waals surface area contributed by atoms with Crippen molar-refractivity contribution < 1.29 is 9.53 Å². The molecule has 0 saturated carbocycles. The summed E-state index contributed by atoms with van der Waals surface area (Å²) in [4.78, 5) is 15.3. The van der Waals surface area contributed by atoms with E-state index in [1.165, 1.54) is 0 Å². The van der Waals surface area contributed by atoms with E-state index in [0.29, 0.717) is 6.54 Å². The second-order valence-electron chi connectivity index (χ2n) is 5.23. The highest BCUT2D eigenvalue weighted by Crippen LogP contribution is 2.32. The molecule has 5 heteroatoms. The number of benzene rings is 1. The van der Waals surface area contributed by atoms with Gasteiger partial charge in [0, 0.05) is 13.6 Å². The van der Waals surface area contributed by atoms with Gasteiger partial charge in [-0.15, -0.1) is 0 Å². The molecule has 1 aromatic carbocycles. The number of carbonyl (C=O) groups excluding carboxylic acids is 1. The van der Waals surface area contributed by atoms with Crippen molar-refractivity contribution >= 4 is 11.6 Å². The SMILES string of the molecule is CCCN(CC#N)CCc1ccc2c(c1)OCC(=O)N2C. The summed E-state index contributed by atoms with van der Waals surface area (Å²) < 4.78 is 5.49. The van der Waals surface area contributed by atoms with Crippen molar-refractivity contribution in [1.82, 2.24) is 4.90 Å². The average molecular weight is 287 g/mol. The topological polar surface area (TPSA) is 56.6 Å². The maximum Gasteiger partial charge on any atom is 0.264 e. The molecule has 5 nitrogen and oxygen atoms in total. The molecule has 0 aliphatic carbocycles. The van der Waals surface area contributed by atoms with Crippen LogP contribution in [-0.2, 0) is 11.2 Å². The van der Waals surface area contributed by atoms with Gasteiger partial charge in [-0.25, -0.2) is 0 Å². The van der Waals surface area contributed by atoms with Gasteiger partial charge in [-0.05, 0) is 37.1 Å². The Hall–Kier alpha value is -2.06. The van der Waals surface area contributed by atoms with Crippen molar-refractivity contribution in [3.8, 4) is 11.8 Å². The minimum atomic E-state index is -0.0293. The van der Waals surface area contributed by atoms with E-state index in [1.54, 1.807) is 11.9 Å². The maximum atomic E-state index is 11.6. The summed E-state index contributed by atoms with van der Waals surface area (Å²) in [5.41, 5.74) is 1.98. The average Bonchev–Trinajstić information content (AvgIpc) is 2.49. The number of hydrogen-bond acceptors (Lipinski definition) is 4. The first-order valence-electron chi connectivity index (χ1n) is 7.27. The molecule has 1 aliphatic heterocycles. The number of nitrogens with zero attached hydrogens (tertiary/aromatic N) is 3. The van der Waals surface area contributed by atoms with E-state index in [9.17, 15) is 4.79 Å². The fourth-order valence-corrected chi connectivity index (χ4v) is 2.45. The lowest BCUT2D eigenvalue weighted by Crippen LogP contribution is -2.35. The van der Waals surface area contributed by atoms with Gasteiger partial charge in [0.1, 0.15) is 5.75 Å². The van der Waals surface area contributed by atoms with E-state index >= 15 is 0 Å². The monoisotopic (exact) mass is 287 g/mol. The molecule has 21 heavy (non-hydrogen) atoms. The molecule has 0 aromatic heterocycles. The summed E-state index contributed by atoms with van der Waals surface area (Å²) in [7, 11) is 1.76.